The molecule has 1 aliphatic rings. The Kier molecular flexibility index (Phi) is 8.44. The van der Waals surface area contributed by atoms with E-state index in [1.165, 1.54) is 11.1 Å². The highest BCUT2D eigenvalue weighted by Gasteiger charge is 2.11. The largest absolute Gasteiger partial charge is 0.490 e. The molecule has 2 aromatic carbocycles. The molecule has 0 saturated carbocycles. The average molecular weight is 479 g/mol. The Morgan fingerprint density at radius 1 is 1.15 bits per heavy atom. The first-order chi connectivity index (χ1) is 12.8. The van der Waals surface area contributed by atoms with E-state index in [1.54, 1.807) is 6.08 Å². The van der Waals surface area contributed by atoms with E-state index in [-0.39, 0.29) is 24.0 Å². The maximum absolute atomic E-state index is 5.76. The van der Waals surface area contributed by atoms with Crippen molar-refractivity contribution in [1.82, 2.24) is 5.32 Å². The highest BCUT2D eigenvalue weighted by atomic mass is 127. The van der Waals surface area contributed by atoms with Crippen molar-refractivity contribution < 1.29 is 9.47 Å². The zero-order chi connectivity index (χ0) is 18.2. The maximum atomic E-state index is 5.76. The molecule has 0 amide bonds. The lowest BCUT2D eigenvalue weighted by Crippen LogP contribution is -2.31. The quantitative estimate of drug-likeness (QED) is 0.287. The van der Waals surface area contributed by atoms with Crippen LogP contribution in [0.5, 0.6) is 11.5 Å². The summed E-state index contributed by atoms with van der Waals surface area (Å²) in [6.07, 6.45) is 2.69. The molecule has 1 aliphatic heterocycles. The molecular formula is C21H26IN3O2. The molecule has 3 rings (SSSR count). The van der Waals surface area contributed by atoms with Gasteiger partial charge < -0.3 is 20.1 Å². The lowest BCUT2D eigenvalue weighted by Gasteiger charge is -2.14. The van der Waals surface area contributed by atoms with E-state index in [2.05, 4.69) is 36.3 Å². The molecule has 1 heterocycles. The Labute approximate surface area is 177 Å². The SMILES string of the molecule is C=CCNC(=NCc1ccccc1C)Nc1ccc2c(c1)OCCCO2.I. The van der Waals surface area contributed by atoms with E-state index in [4.69, 9.17) is 14.5 Å². The average Bonchev–Trinajstić information content (AvgIpc) is 2.90. The van der Waals surface area contributed by atoms with Gasteiger partial charge in [-0.3, -0.25) is 0 Å². The molecule has 2 aromatic rings. The number of fused-ring (bicyclic) bond motifs is 1. The summed E-state index contributed by atoms with van der Waals surface area (Å²) in [5, 5.41) is 6.58. The van der Waals surface area contributed by atoms with Crippen molar-refractivity contribution >= 4 is 35.6 Å². The third kappa shape index (κ3) is 6.16. The lowest BCUT2D eigenvalue weighted by atomic mass is 10.1. The predicted molar refractivity (Wildman–Crippen MR) is 122 cm³/mol. The third-order valence-corrected chi connectivity index (χ3v) is 4.09. The van der Waals surface area contributed by atoms with E-state index >= 15 is 0 Å². The van der Waals surface area contributed by atoms with Crippen LogP contribution in [0.25, 0.3) is 0 Å². The maximum Gasteiger partial charge on any atom is 0.196 e. The number of aryl methyl sites for hydroxylation is 1. The summed E-state index contributed by atoms with van der Waals surface area (Å²) < 4.78 is 11.4. The van der Waals surface area contributed by atoms with Crippen LogP contribution < -0.4 is 20.1 Å². The minimum Gasteiger partial charge on any atom is -0.490 e. The van der Waals surface area contributed by atoms with E-state index in [0.717, 1.165) is 23.6 Å². The zero-order valence-corrected chi connectivity index (χ0v) is 17.9. The number of nitrogens with one attached hydrogen (secondary N) is 2. The van der Waals surface area contributed by atoms with Crippen LogP contribution in [0.2, 0.25) is 0 Å². The molecule has 0 atom stereocenters. The van der Waals surface area contributed by atoms with Gasteiger partial charge in [0.2, 0.25) is 0 Å². The molecule has 0 aliphatic carbocycles. The van der Waals surface area contributed by atoms with Crippen LogP contribution >= 0.6 is 24.0 Å². The number of guanidine groups is 1. The standard InChI is InChI=1S/C21H25N3O2.HI/c1-3-11-22-21(23-15-17-8-5-4-7-16(17)2)24-18-9-10-19-20(14-18)26-13-6-12-25-19;/h3-5,7-10,14H,1,6,11-13,15H2,2H3,(H2,22,23,24);1H. The van der Waals surface area contributed by atoms with Gasteiger partial charge in [0.05, 0.1) is 19.8 Å². The van der Waals surface area contributed by atoms with Gasteiger partial charge in [0, 0.05) is 24.7 Å². The molecule has 0 unspecified atom stereocenters. The van der Waals surface area contributed by atoms with Gasteiger partial charge in [-0.25, -0.2) is 4.99 Å². The fourth-order valence-electron chi connectivity index (χ4n) is 2.64. The topological polar surface area (TPSA) is 54.9 Å². The summed E-state index contributed by atoms with van der Waals surface area (Å²) in [5.74, 6) is 2.24. The number of hydrogen-bond donors (Lipinski definition) is 2. The number of ether oxygens (including phenoxy) is 2. The van der Waals surface area contributed by atoms with Gasteiger partial charge in [0.15, 0.2) is 17.5 Å². The summed E-state index contributed by atoms with van der Waals surface area (Å²) in [6, 6.07) is 14.1. The minimum atomic E-state index is 0. The Hall–Kier alpha value is -2.22. The Balaban J connectivity index is 0.00000261. The normalized spacial score (nSPS) is 13.1. The van der Waals surface area contributed by atoms with Gasteiger partial charge >= 0.3 is 0 Å². The third-order valence-electron chi connectivity index (χ3n) is 4.09. The van der Waals surface area contributed by atoms with Crippen LogP contribution in [0, 0.1) is 6.92 Å². The molecule has 0 bridgehead atoms. The van der Waals surface area contributed by atoms with Crippen molar-refractivity contribution in [2.75, 3.05) is 25.1 Å². The van der Waals surface area contributed by atoms with Crippen LogP contribution in [0.4, 0.5) is 5.69 Å². The van der Waals surface area contributed by atoms with Crippen LogP contribution in [0.1, 0.15) is 17.5 Å². The van der Waals surface area contributed by atoms with Gasteiger partial charge in [-0.15, -0.1) is 30.6 Å². The number of rotatable bonds is 5. The van der Waals surface area contributed by atoms with Gasteiger partial charge in [-0.05, 0) is 30.2 Å². The van der Waals surface area contributed by atoms with E-state index in [9.17, 15) is 0 Å². The van der Waals surface area contributed by atoms with Crippen molar-refractivity contribution in [1.29, 1.82) is 0 Å². The molecular weight excluding hydrogens is 453 g/mol. The molecule has 144 valence electrons. The molecule has 0 radical (unpaired) electrons. The van der Waals surface area contributed by atoms with E-state index < -0.39 is 0 Å². The second-order valence-corrected chi connectivity index (χ2v) is 6.10. The Bertz CT molecular complexity index is 793. The number of aliphatic imine (C=N–C) groups is 1. The number of anilines is 1. The number of benzene rings is 2. The number of halogens is 1. The fraction of sp³-hybridized carbons (Fsp3) is 0.286. The minimum absolute atomic E-state index is 0. The molecule has 2 N–H and O–H groups in total. The summed E-state index contributed by atoms with van der Waals surface area (Å²) >= 11 is 0. The van der Waals surface area contributed by atoms with Crippen molar-refractivity contribution in [3.05, 3.63) is 66.2 Å². The van der Waals surface area contributed by atoms with Crippen LogP contribution in [0.15, 0.2) is 60.1 Å². The molecule has 27 heavy (non-hydrogen) atoms. The van der Waals surface area contributed by atoms with E-state index in [0.29, 0.717) is 32.3 Å². The fourth-order valence-corrected chi connectivity index (χ4v) is 2.64. The first-order valence-corrected chi connectivity index (χ1v) is 8.86. The number of nitrogens with zero attached hydrogens (tertiary/aromatic N) is 1. The monoisotopic (exact) mass is 479 g/mol. The van der Waals surface area contributed by atoms with Crippen LogP contribution in [-0.4, -0.2) is 25.7 Å². The summed E-state index contributed by atoms with van der Waals surface area (Å²) in [6.45, 7) is 8.43. The summed E-state index contributed by atoms with van der Waals surface area (Å²) in [5.41, 5.74) is 3.33. The Morgan fingerprint density at radius 2 is 1.93 bits per heavy atom. The van der Waals surface area contributed by atoms with Crippen molar-refractivity contribution in [3.63, 3.8) is 0 Å². The van der Waals surface area contributed by atoms with Crippen molar-refractivity contribution in [2.45, 2.75) is 19.9 Å². The van der Waals surface area contributed by atoms with Gasteiger partial charge in [-0.2, -0.15) is 0 Å². The first-order valence-electron chi connectivity index (χ1n) is 8.86. The first kappa shape index (κ1) is 21.1. The molecule has 0 aromatic heterocycles. The predicted octanol–water partition coefficient (Wildman–Crippen LogP) is 4.52. The molecule has 0 spiro atoms. The molecule has 0 saturated heterocycles. The Morgan fingerprint density at radius 3 is 2.70 bits per heavy atom. The number of hydrogen-bond acceptors (Lipinski definition) is 3. The van der Waals surface area contributed by atoms with Crippen LogP contribution in [0.3, 0.4) is 0 Å². The zero-order valence-electron chi connectivity index (χ0n) is 15.5. The second kappa shape index (κ2) is 10.8. The van der Waals surface area contributed by atoms with Crippen LogP contribution in [-0.2, 0) is 6.54 Å². The molecule has 5 nitrogen and oxygen atoms in total. The van der Waals surface area contributed by atoms with Gasteiger partial charge in [-0.1, -0.05) is 30.3 Å². The van der Waals surface area contributed by atoms with E-state index in [1.807, 2.05) is 30.3 Å². The summed E-state index contributed by atoms with van der Waals surface area (Å²) in [7, 11) is 0. The smallest absolute Gasteiger partial charge is 0.196 e. The molecule has 0 fully saturated rings. The van der Waals surface area contributed by atoms with Gasteiger partial charge in [0.1, 0.15) is 0 Å². The van der Waals surface area contributed by atoms with Crippen molar-refractivity contribution in [2.24, 2.45) is 4.99 Å². The second-order valence-electron chi connectivity index (χ2n) is 6.10. The highest BCUT2D eigenvalue weighted by Crippen LogP contribution is 2.32. The lowest BCUT2D eigenvalue weighted by molar-refractivity contribution is 0.297. The van der Waals surface area contributed by atoms with Gasteiger partial charge in [0.25, 0.3) is 0 Å². The summed E-state index contributed by atoms with van der Waals surface area (Å²) in [4.78, 5) is 4.69. The molecule has 6 heteroatoms. The highest BCUT2D eigenvalue weighted by molar-refractivity contribution is 14.0. The van der Waals surface area contributed by atoms with Crippen molar-refractivity contribution in [3.8, 4) is 11.5 Å².